The van der Waals surface area contributed by atoms with Crippen LogP contribution in [0.15, 0.2) is 93.3 Å². The maximum atomic E-state index is 6.48. The smallest absolute Gasteiger partial charge is 0.212 e. The molecule has 37 heavy (non-hydrogen) atoms. The van der Waals surface area contributed by atoms with Gasteiger partial charge < -0.3 is 9.32 Å². The first-order chi connectivity index (χ1) is 18.0. The fourth-order valence-corrected chi connectivity index (χ4v) is 6.17. The molecule has 2 aromatic heterocycles. The lowest BCUT2D eigenvalue weighted by molar-refractivity contribution is -0.644. The number of fused-ring (bicyclic) bond motifs is 2. The summed E-state index contributed by atoms with van der Waals surface area (Å²) in [6.45, 7) is 11.7. The van der Waals surface area contributed by atoms with E-state index < -0.39 is 0 Å². The molecule has 4 nitrogen and oxygen atoms in total. The highest BCUT2D eigenvalue weighted by Gasteiger charge is 2.27. The molecule has 2 aromatic carbocycles. The number of hydrogen-bond acceptors (Lipinski definition) is 4. The molecule has 0 atom stereocenters. The van der Waals surface area contributed by atoms with Gasteiger partial charge in [-0.25, -0.2) is 4.57 Å². The van der Waals surface area contributed by atoms with E-state index in [1.165, 1.54) is 32.1 Å². The Morgan fingerprint density at radius 1 is 1.00 bits per heavy atom. The molecule has 0 amide bonds. The Hall–Kier alpha value is -3.28. The molecular formula is C32H36N3OS+. The molecule has 1 aliphatic heterocycles. The van der Waals surface area contributed by atoms with Crippen LogP contribution in [0.5, 0.6) is 0 Å². The highest BCUT2D eigenvalue weighted by Crippen LogP contribution is 2.48. The van der Waals surface area contributed by atoms with E-state index in [0.29, 0.717) is 6.04 Å². The molecule has 5 heteroatoms. The minimum absolute atomic E-state index is 0.343. The first kappa shape index (κ1) is 25.4. The first-order valence-electron chi connectivity index (χ1n) is 13.2. The number of benzene rings is 2. The summed E-state index contributed by atoms with van der Waals surface area (Å²) in [6, 6.07) is 24.0. The molecule has 0 fully saturated rings. The second-order valence-corrected chi connectivity index (χ2v) is 10.8. The predicted molar refractivity (Wildman–Crippen MR) is 156 cm³/mol. The number of aryl methyl sites for hydroxylation is 1. The van der Waals surface area contributed by atoms with Crippen LogP contribution in [0.3, 0.4) is 0 Å². The summed E-state index contributed by atoms with van der Waals surface area (Å²) in [5, 5.41) is 2.44. The maximum absolute atomic E-state index is 6.48. The third-order valence-electron chi connectivity index (χ3n) is 6.98. The van der Waals surface area contributed by atoms with Gasteiger partial charge in [0.15, 0.2) is 6.20 Å². The molecule has 1 aliphatic rings. The Morgan fingerprint density at radius 3 is 2.54 bits per heavy atom. The van der Waals surface area contributed by atoms with E-state index in [1.54, 1.807) is 0 Å². The van der Waals surface area contributed by atoms with Gasteiger partial charge in [-0.2, -0.15) is 0 Å². The van der Waals surface area contributed by atoms with E-state index in [2.05, 4.69) is 134 Å². The van der Waals surface area contributed by atoms with Crippen LogP contribution in [0.2, 0.25) is 0 Å². The minimum Gasteiger partial charge on any atom is -0.460 e. The Balaban J connectivity index is 1.63. The van der Waals surface area contributed by atoms with Crippen molar-refractivity contribution in [2.75, 3.05) is 18.0 Å². The standard InChI is InChI=1S/C32H36N3OS/c1-6-34(7-2)22-26-16-17-30(36-26)25(20-24-18-19-33(5)28-13-9-8-12-27(24)28)21-32-35(23(3)4)29-14-10-11-15-31(29)37-32/h8-21,23H,6-7,22H2,1-5H3/q+1. The number of para-hydroxylation sites is 2. The number of thioether (sulfide) groups is 1. The lowest BCUT2D eigenvalue weighted by atomic mass is 10.0. The van der Waals surface area contributed by atoms with Crippen molar-refractivity contribution in [1.29, 1.82) is 0 Å². The zero-order valence-electron chi connectivity index (χ0n) is 22.4. The van der Waals surface area contributed by atoms with Gasteiger partial charge >= 0.3 is 0 Å². The molecule has 4 aromatic rings. The Labute approximate surface area is 224 Å². The second kappa shape index (κ2) is 11.0. The van der Waals surface area contributed by atoms with Crippen molar-refractivity contribution in [3.63, 3.8) is 0 Å². The van der Waals surface area contributed by atoms with Crippen molar-refractivity contribution in [2.24, 2.45) is 7.05 Å². The Morgan fingerprint density at radius 2 is 1.76 bits per heavy atom. The Kier molecular flexibility index (Phi) is 7.54. The topological polar surface area (TPSA) is 23.5 Å². The molecule has 0 saturated heterocycles. The summed E-state index contributed by atoms with van der Waals surface area (Å²) in [4.78, 5) is 6.09. The third-order valence-corrected chi connectivity index (χ3v) is 8.06. The summed E-state index contributed by atoms with van der Waals surface area (Å²) in [5.74, 6) is 1.89. The van der Waals surface area contributed by atoms with Crippen LogP contribution in [0.4, 0.5) is 5.69 Å². The summed E-state index contributed by atoms with van der Waals surface area (Å²) < 4.78 is 8.65. The molecular weight excluding hydrogens is 474 g/mol. The molecule has 3 heterocycles. The van der Waals surface area contributed by atoms with Crippen LogP contribution in [-0.2, 0) is 13.6 Å². The van der Waals surface area contributed by atoms with Crippen molar-refractivity contribution < 1.29 is 8.98 Å². The van der Waals surface area contributed by atoms with Gasteiger partial charge in [-0.05, 0) is 75.0 Å². The number of hydrogen-bond donors (Lipinski definition) is 0. The zero-order valence-corrected chi connectivity index (χ0v) is 23.3. The normalized spacial score (nSPS) is 14.9. The second-order valence-electron chi connectivity index (χ2n) is 9.74. The highest BCUT2D eigenvalue weighted by atomic mass is 32.2. The van der Waals surface area contributed by atoms with Crippen LogP contribution in [0.25, 0.3) is 22.6 Å². The van der Waals surface area contributed by atoms with E-state index in [1.807, 2.05) is 11.8 Å². The lowest BCUT2D eigenvalue weighted by Gasteiger charge is -2.25. The third kappa shape index (κ3) is 5.25. The molecule has 5 rings (SSSR count). The number of aromatic nitrogens is 1. The van der Waals surface area contributed by atoms with Crippen molar-refractivity contribution >= 4 is 40.0 Å². The Bertz CT molecular complexity index is 1460. The van der Waals surface area contributed by atoms with Crippen LogP contribution in [0, 0.1) is 0 Å². The molecule has 0 radical (unpaired) electrons. The fraction of sp³-hybridized carbons (Fsp3) is 0.281. The van der Waals surface area contributed by atoms with Gasteiger partial charge in [-0.3, -0.25) is 4.90 Å². The molecule has 0 unspecified atom stereocenters. The predicted octanol–water partition coefficient (Wildman–Crippen LogP) is 7.50. The average Bonchev–Trinajstić information content (AvgIpc) is 3.52. The quantitative estimate of drug-likeness (QED) is 0.229. The number of rotatable bonds is 8. The molecule has 0 saturated carbocycles. The number of furan rings is 1. The largest absolute Gasteiger partial charge is 0.460 e. The van der Waals surface area contributed by atoms with Crippen molar-refractivity contribution in [3.05, 3.63) is 101 Å². The fourth-order valence-electron chi connectivity index (χ4n) is 4.94. The minimum atomic E-state index is 0.343. The lowest BCUT2D eigenvalue weighted by Crippen LogP contribution is -2.28. The van der Waals surface area contributed by atoms with Crippen molar-refractivity contribution in [3.8, 4) is 0 Å². The molecule has 0 N–H and O–H groups in total. The van der Waals surface area contributed by atoms with Gasteiger partial charge in [-0.1, -0.05) is 49.9 Å². The van der Waals surface area contributed by atoms with Gasteiger partial charge in [0.05, 0.1) is 22.6 Å². The van der Waals surface area contributed by atoms with Crippen molar-refractivity contribution in [2.45, 2.75) is 45.2 Å². The SMILES string of the molecule is CCN(CC)Cc1ccc(C(=C\c2cc[n+](C)c3ccccc23)/C=C2\Sc3ccccc3N2C(C)C)o1. The summed E-state index contributed by atoms with van der Waals surface area (Å²) in [5.41, 5.74) is 4.73. The molecule has 190 valence electrons. The monoisotopic (exact) mass is 510 g/mol. The van der Waals surface area contributed by atoms with Crippen LogP contribution >= 0.6 is 11.8 Å². The number of anilines is 1. The number of nitrogens with zero attached hydrogens (tertiary/aromatic N) is 3. The van der Waals surface area contributed by atoms with E-state index in [-0.39, 0.29) is 0 Å². The summed E-state index contributed by atoms with van der Waals surface area (Å²) in [7, 11) is 2.09. The first-order valence-corrected chi connectivity index (χ1v) is 14.0. The van der Waals surface area contributed by atoms with Crippen LogP contribution in [0.1, 0.15) is 44.8 Å². The van der Waals surface area contributed by atoms with Crippen LogP contribution < -0.4 is 9.47 Å². The highest BCUT2D eigenvalue weighted by molar-refractivity contribution is 8.03. The van der Waals surface area contributed by atoms with E-state index in [4.69, 9.17) is 4.42 Å². The van der Waals surface area contributed by atoms with Gasteiger partial charge in [-0.15, -0.1) is 0 Å². The van der Waals surface area contributed by atoms with E-state index in [9.17, 15) is 0 Å². The van der Waals surface area contributed by atoms with Gasteiger partial charge in [0, 0.05) is 28.6 Å². The number of allylic oxidation sites excluding steroid dienone is 2. The van der Waals surface area contributed by atoms with Crippen molar-refractivity contribution in [1.82, 2.24) is 4.90 Å². The van der Waals surface area contributed by atoms with Gasteiger partial charge in [0.1, 0.15) is 18.6 Å². The van der Waals surface area contributed by atoms with E-state index in [0.717, 1.165) is 36.7 Å². The van der Waals surface area contributed by atoms with Crippen LogP contribution in [-0.4, -0.2) is 24.0 Å². The number of pyridine rings is 1. The van der Waals surface area contributed by atoms with E-state index >= 15 is 0 Å². The average molecular weight is 511 g/mol. The zero-order chi connectivity index (χ0) is 25.9. The van der Waals surface area contributed by atoms with Gasteiger partial charge in [0.25, 0.3) is 0 Å². The maximum Gasteiger partial charge on any atom is 0.212 e. The summed E-state index contributed by atoms with van der Waals surface area (Å²) >= 11 is 1.83. The molecule has 0 bridgehead atoms. The summed E-state index contributed by atoms with van der Waals surface area (Å²) in [6.07, 6.45) is 6.71. The molecule has 0 spiro atoms. The van der Waals surface area contributed by atoms with Gasteiger partial charge in [0.2, 0.25) is 5.52 Å². The molecule has 0 aliphatic carbocycles.